The maximum absolute atomic E-state index is 9.11. The van der Waals surface area contributed by atoms with Crippen molar-refractivity contribution >= 4 is 37.6 Å². The monoisotopic (exact) mass is 164 g/mol. The molecule has 0 aliphatic heterocycles. The Hall–Kier alpha value is 0.752. The molecule has 0 heterocycles. The first-order valence-electron chi connectivity index (χ1n) is 0.698. The molecule has 46 valence electrons. The zero-order chi connectivity index (χ0) is 4.50. The molecule has 0 radical (unpaired) electrons. The van der Waals surface area contributed by atoms with Gasteiger partial charge in [0.2, 0.25) is 0 Å². The van der Waals surface area contributed by atoms with Gasteiger partial charge in [0.25, 0.3) is 9.05 Å². The van der Waals surface area contributed by atoms with Gasteiger partial charge in [0.05, 0.1) is 0 Å². The molecule has 0 rings (SSSR count). The van der Waals surface area contributed by atoms with Gasteiger partial charge in [-0.3, -0.25) is 13.8 Å². The maximum atomic E-state index is 9.11. The van der Waals surface area contributed by atoms with Crippen molar-refractivity contribution in [3.05, 3.63) is 0 Å². The van der Waals surface area contributed by atoms with E-state index in [1.807, 2.05) is 0 Å². The van der Waals surface area contributed by atoms with Crippen molar-refractivity contribution in [2.24, 2.45) is 0 Å². The Morgan fingerprint density at radius 1 is 1.43 bits per heavy atom. The minimum atomic E-state index is -3.83. The Morgan fingerprint density at radius 3 is 1.43 bits per heavy atom. The van der Waals surface area contributed by atoms with Crippen LogP contribution in [0.1, 0.15) is 0 Å². The molecule has 0 saturated carbocycles. The SMILES string of the molecule is F.O=S(O)(O)=S.[AlH3]. The molecule has 0 aromatic rings. The Kier molecular flexibility index (Phi) is 11.0. The summed E-state index contributed by atoms with van der Waals surface area (Å²) in [5, 5.41) is 0. The van der Waals surface area contributed by atoms with Crippen molar-refractivity contribution in [2.75, 3.05) is 0 Å². The minimum Gasteiger partial charge on any atom is -0.285 e. The van der Waals surface area contributed by atoms with E-state index < -0.39 is 9.05 Å². The lowest BCUT2D eigenvalue weighted by atomic mass is 15.8. The molecule has 0 aliphatic carbocycles. The van der Waals surface area contributed by atoms with Crippen molar-refractivity contribution in [2.45, 2.75) is 0 Å². The zero-order valence-corrected chi connectivity index (χ0v) is 4.16. The lowest BCUT2D eigenvalue weighted by molar-refractivity contribution is 0.450. The van der Waals surface area contributed by atoms with Crippen LogP contribution in [0.4, 0.5) is 4.70 Å². The van der Waals surface area contributed by atoms with E-state index in [-0.39, 0.29) is 22.1 Å². The summed E-state index contributed by atoms with van der Waals surface area (Å²) >= 11 is 3.47. The van der Waals surface area contributed by atoms with Crippen molar-refractivity contribution < 1.29 is 18.0 Å². The molecule has 0 aromatic heterocycles. The summed E-state index contributed by atoms with van der Waals surface area (Å²) in [6.07, 6.45) is 0. The number of hydrogen-bond donors (Lipinski definition) is 2. The molecule has 2 N–H and O–H groups in total. The van der Waals surface area contributed by atoms with E-state index in [4.69, 9.17) is 13.3 Å². The van der Waals surface area contributed by atoms with Gasteiger partial charge in [-0.15, -0.1) is 0 Å². The van der Waals surface area contributed by atoms with Gasteiger partial charge in [-0.2, -0.15) is 4.21 Å². The van der Waals surface area contributed by atoms with Crippen molar-refractivity contribution in [1.82, 2.24) is 0 Å². The van der Waals surface area contributed by atoms with E-state index in [9.17, 15) is 0 Å². The summed E-state index contributed by atoms with van der Waals surface area (Å²) in [6, 6.07) is 0. The summed E-state index contributed by atoms with van der Waals surface area (Å²) < 4.78 is 24.0. The Balaban J connectivity index is -0.0000000800. The second-order valence-corrected chi connectivity index (χ2v) is 2.65. The van der Waals surface area contributed by atoms with Crippen LogP contribution < -0.4 is 0 Å². The molecule has 7 heavy (non-hydrogen) atoms. The molecule has 3 nitrogen and oxygen atoms in total. The summed E-state index contributed by atoms with van der Waals surface area (Å²) in [4.78, 5) is 0. The standard InChI is InChI=1S/Al.FH.H2O3S2.3H/c;;1-5(2,3)4;;;/h;1H;(H2,1,2,3,4);;;. The second-order valence-electron chi connectivity index (χ2n) is 0.448. The predicted octanol–water partition coefficient (Wildman–Crippen LogP) is -1.35. The third-order valence-corrected chi connectivity index (χ3v) is 0. The summed E-state index contributed by atoms with van der Waals surface area (Å²) in [5.74, 6) is 0. The minimum absolute atomic E-state index is 0. The molecular weight excluding hydrogens is 158 g/mol. The number of rotatable bonds is 0. The van der Waals surface area contributed by atoms with Crippen LogP contribution in [-0.2, 0) is 20.2 Å². The third kappa shape index (κ3) is 269. The first kappa shape index (κ1) is 15.7. The van der Waals surface area contributed by atoms with Crippen LogP contribution in [0.25, 0.3) is 0 Å². The van der Waals surface area contributed by atoms with Crippen LogP contribution in [0, 0.1) is 0 Å². The molecule has 0 atom stereocenters. The highest BCUT2D eigenvalue weighted by molar-refractivity contribution is 8.26. The third-order valence-electron chi connectivity index (χ3n) is 0. The van der Waals surface area contributed by atoms with E-state index in [2.05, 4.69) is 11.2 Å². The Bertz CT molecular complexity index is 96.1. The van der Waals surface area contributed by atoms with E-state index in [0.29, 0.717) is 0 Å². The smallest absolute Gasteiger partial charge is 0.263 e. The van der Waals surface area contributed by atoms with E-state index in [0.717, 1.165) is 0 Å². The van der Waals surface area contributed by atoms with E-state index in [1.54, 1.807) is 0 Å². The van der Waals surface area contributed by atoms with Crippen LogP contribution in [-0.4, -0.2) is 30.7 Å². The molecule has 0 aromatic carbocycles. The van der Waals surface area contributed by atoms with Gasteiger partial charge >= 0.3 is 0 Å². The van der Waals surface area contributed by atoms with Crippen molar-refractivity contribution in [3.8, 4) is 0 Å². The molecule has 0 amide bonds. The fourth-order valence-corrected chi connectivity index (χ4v) is 0. The molecule has 0 spiro atoms. The van der Waals surface area contributed by atoms with Crippen molar-refractivity contribution in [3.63, 3.8) is 0 Å². The number of halogens is 1. The summed E-state index contributed by atoms with van der Waals surface area (Å²) in [6.45, 7) is 0. The molecular formula is H6AlFO3S2. The lowest BCUT2D eigenvalue weighted by Gasteiger charge is -1.73. The van der Waals surface area contributed by atoms with Crippen LogP contribution >= 0.6 is 0 Å². The first-order valence-corrected chi connectivity index (χ1v) is 3.10. The van der Waals surface area contributed by atoms with Gasteiger partial charge < -0.3 is 0 Å². The first-order chi connectivity index (χ1) is 2.00. The Morgan fingerprint density at radius 2 is 1.43 bits per heavy atom. The van der Waals surface area contributed by atoms with Gasteiger partial charge in [-0.25, -0.2) is 0 Å². The summed E-state index contributed by atoms with van der Waals surface area (Å²) in [7, 11) is -3.83. The quantitative estimate of drug-likeness (QED) is 0.434. The van der Waals surface area contributed by atoms with E-state index >= 15 is 0 Å². The van der Waals surface area contributed by atoms with Crippen LogP contribution in [0.15, 0.2) is 0 Å². The van der Waals surface area contributed by atoms with Gasteiger partial charge in [0, 0.05) is 11.2 Å². The molecule has 0 fully saturated rings. The molecule has 7 heteroatoms. The highest BCUT2D eigenvalue weighted by Gasteiger charge is 1.78. The van der Waals surface area contributed by atoms with Crippen molar-refractivity contribution in [1.29, 1.82) is 0 Å². The molecule has 0 unspecified atom stereocenters. The number of hydrogen-bond acceptors (Lipinski definition) is 2. The fourth-order valence-electron chi connectivity index (χ4n) is 0. The zero-order valence-electron chi connectivity index (χ0n) is 2.53. The molecule has 0 aliphatic rings. The van der Waals surface area contributed by atoms with E-state index in [1.165, 1.54) is 0 Å². The average Bonchev–Trinajstić information content (AvgIpc) is 0.722. The van der Waals surface area contributed by atoms with Crippen LogP contribution in [0.2, 0.25) is 0 Å². The van der Waals surface area contributed by atoms with Gasteiger partial charge in [0.1, 0.15) is 0 Å². The lowest BCUT2D eigenvalue weighted by Crippen LogP contribution is -1.86. The van der Waals surface area contributed by atoms with Gasteiger partial charge in [-0.1, -0.05) is 0 Å². The Labute approximate surface area is 55.9 Å². The predicted molar refractivity (Wildman–Crippen MR) is 33.2 cm³/mol. The fraction of sp³-hybridized carbons (Fsp3) is 0. The topological polar surface area (TPSA) is 57.5 Å². The molecule has 0 bridgehead atoms. The van der Waals surface area contributed by atoms with Gasteiger partial charge in [0.15, 0.2) is 17.4 Å². The highest BCUT2D eigenvalue weighted by atomic mass is 32.9. The van der Waals surface area contributed by atoms with Gasteiger partial charge in [-0.05, 0) is 0 Å². The normalized spacial score (nSPS) is 8.29. The largest absolute Gasteiger partial charge is 0.285 e. The van der Waals surface area contributed by atoms with Crippen LogP contribution in [0.3, 0.4) is 0 Å². The molecule has 0 saturated heterocycles. The maximum Gasteiger partial charge on any atom is 0.263 e. The van der Waals surface area contributed by atoms with Crippen LogP contribution in [0.5, 0.6) is 0 Å². The highest BCUT2D eigenvalue weighted by Crippen LogP contribution is 1.62. The second kappa shape index (κ2) is 4.90. The average molecular weight is 164 g/mol. The summed E-state index contributed by atoms with van der Waals surface area (Å²) in [5.41, 5.74) is 0.